The molecule has 0 atom stereocenters. The minimum absolute atomic E-state index is 0.104. The predicted octanol–water partition coefficient (Wildman–Crippen LogP) is 5.60. The number of aromatic nitrogens is 1. The largest absolute Gasteiger partial charge is 0.346 e. The number of hydrogen-bond acceptors (Lipinski definition) is 5. The molecule has 4 rings (SSSR count). The standard InChI is InChI=1S/C24H18ClFN2O3S2/c1-33(30,31)20-5-3-2-4-19(20)21-22(16-8-12-18(26)13-9-16)32-24(28-21)23(29)27-14-15-6-10-17(25)11-7-15/h2-13H,14H2,1H3,(H,27,29). The van der Waals surface area contributed by atoms with E-state index in [9.17, 15) is 17.6 Å². The molecule has 0 saturated heterocycles. The SMILES string of the molecule is CS(=O)(=O)c1ccccc1-c1nc(C(=O)NCc2ccc(Cl)cc2)sc1-c1ccc(F)cc1. The van der Waals surface area contributed by atoms with E-state index in [1.807, 2.05) is 12.1 Å². The Hall–Kier alpha value is -3.07. The van der Waals surface area contributed by atoms with Crippen LogP contribution in [0, 0.1) is 5.82 Å². The summed E-state index contributed by atoms with van der Waals surface area (Å²) in [7, 11) is -3.55. The predicted molar refractivity (Wildman–Crippen MR) is 129 cm³/mol. The number of sulfone groups is 1. The first-order chi connectivity index (χ1) is 15.7. The summed E-state index contributed by atoms with van der Waals surface area (Å²) in [6, 6.07) is 19.3. The van der Waals surface area contributed by atoms with E-state index < -0.39 is 21.6 Å². The Labute approximate surface area is 199 Å². The van der Waals surface area contributed by atoms with Crippen LogP contribution in [0.3, 0.4) is 0 Å². The van der Waals surface area contributed by atoms with Crippen molar-refractivity contribution in [3.8, 4) is 21.7 Å². The molecule has 0 spiro atoms. The van der Waals surface area contributed by atoms with Crippen LogP contribution >= 0.6 is 22.9 Å². The molecule has 33 heavy (non-hydrogen) atoms. The van der Waals surface area contributed by atoms with Crippen LogP contribution in [0.4, 0.5) is 4.39 Å². The maximum Gasteiger partial charge on any atom is 0.280 e. The van der Waals surface area contributed by atoms with Crippen LogP contribution in [0.5, 0.6) is 0 Å². The maximum atomic E-state index is 13.5. The molecule has 1 N–H and O–H groups in total. The van der Waals surface area contributed by atoms with Crippen molar-refractivity contribution < 1.29 is 17.6 Å². The lowest BCUT2D eigenvalue weighted by Gasteiger charge is -2.08. The lowest BCUT2D eigenvalue weighted by atomic mass is 10.1. The maximum absolute atomic E-state index is 13.5. The van der Waals surface area contributed by atoms with Gasteiger partial charge in [-0.1, -0.05) is 54.1 Å². The molecule has 1 heterocycles. The minimum atomic E-state index is -3.55. The van der Waals surface area contributed by atoms with Crippen molar-refractivity contribution in [2.24, 2.45) is 0 Å². The number of nitrogens with zero attached hydrogens (tertiary/aromatic N) is 1. The third-order valence-electron chi connectivity index (χ3n) is 4.84. The molecule has 1 aromatic heterocycles. The molecule has 0 aliphatic heterocycles. The molecule has 4 aromatic rings. The summed E-state index contributed by atoms with van der Waals surface area (Å²) >= 11 is 7.02. The fourth-order valence-electron chi connectivity index (χ4n) is 3.24. The second kappa shape index (κ2) is 9.43. The summed E-state index contributed by atoms with van der Waals surface area (Å²) in [5.41, 5.74) is 2.23. The van der Waals surface area contributed by atoms with Gasteiger partial charge in [0.1, 0.15) is 5.82 Å². The average Bonchev–Trinajstić information content (AvgIpc) is 3.24. The van der Waals surface area contributed by atoms with Crippen LogP contribution in [0.2, 0.25) is 5.02 Å². The molecule has 0 saturated carbocycles. The van der Waals surface area contributed by atoms with Gasteiger partial charge in [0.05, 0.1) is 15.5 Å². The highest BCUT2D eigenvalue weighted by atomic mass is 35.5. The van der Waals surface area contributed by atoms with Gasteiger partial charge in [0, 0.05) is 23.4 Å². The fourth-order valence-corrected chi connectivity index (χ4v) is 5.26. The highest BCUT2D eigenvalue weighted by Gasteiger charge is 2.23. The minimum Gasteiger partial charge on any atom is -0.346 e. The third-order valence-corrected chi connectivity index (χ3v) is 7.35. The van der Waals surface area contributed by atoms with Gasteiger partial charge in [-0.05, 0) is 41.5 Å². The topological polar surface area (TPSA) is 76.1 Å². The first-order valence-corrected chi connectivity index (χ1v) is 12.9. The zero-order valence-corrected chi connectivity index (χ0v) is 19.8. The van der Waals surface area contributed by atoms with E-state index in [2.05, 4.69) is 10.3 Å². The molecule has 0 unspecified atom stereocenters. The van der Waals surface area contributed by atoms with Crippen LogP contribution in [-0.2, 0) is 16.4 Å². The monoisotopic (exact) mass is 500 g/mol. The molecule has 0 aliphatic rings. The van der Waals surface area contributed by atoms with Gasteiger partial charge >= 0.3 is 0 Å². The molecule has 9 heteroatoms. The van der Waals surface area contributed by atoms with E-state index in [1.54, 1.807) is 42.5 Å². The Balaban J connectivity index is 1.76. The van der Waals surface area contributed by atoms with E-state index in [-0.39, 0.29) is 16.4 Å². The normalized spacial score (nSPS) is 11.4. The number of hydrogen-bond donors (Lipinski definition) is 1. The van der Waals surface area contributed by atoms with Gasteiger partial charge in [0.15, 0.2) is 14.8 Å². The molecule has 168 valence electrons. The molecule has 1 amide bonds. The first-order valence-electron chi connectivity index (χ1n) is 9.81. The van der Waals surface area contributed by atoms with Gasteiger partial charge in [-0.25, -0.2) is 17.8 Å². The van der Waals surface area contributed by atoms with Gasteiger partial charge in [-0.15, -0.1) is 11.3 Å². The lowest BCUT2D eigenvalue weighted by molar-refractivity contribution is 0.0950. The van der Waals surface area contributed by atoms with Gasteiger partial charge in [-0.2, -0.15) is 0 Å². The van der Waals surface area contributed by atoms with Crippen molar-refractivity contribution >= 4 is 38.7 Å². The number of thiazole rings is 1. The summed E-state index contributed by atoms with van der Waals surface area (Å²) < 4.78 is 38.3. The molecule has 5 nitrogen and oxygen atoms in total. The quantitative estimate of drug-likeness (QED) is 0.373. The van der Waals surface area contributed by atoms with Gasteiger partial charge in [0.2, 0.25) is 0 Å². The van der Waals surface area contributed by atoms with Crippen LogP contribution in [0.1, 0.15) is 15.4 Å². The molecule has 0 radical (unpaired) electrons. The Kier molecular flexibility index (Phi) is 6.60. The fraction of sp³-hybridized carbons (Fsp3) is 0.0833. The van der Waals surface area contributed by atoms with Crippen molar-refractivity contribution in [3.63, 3.8) is 0 Å². The highest BCUT2D eigenvalue weighted by molar-refractivity contribution is 7.90. The summed E-state index contributed by atoms with van der Waals surface area (Å²) in [5.74, 6) is -0.802. The van der Waals surface area contributed by atoms with E-state index >= 15 is 0 Å². The van der Waals surface area contributed by atoms with Crippen LogP contribution in [0.15, 0.2) is 77.7 Å². The summed E-state index contributed by atoms with van der Waals surface area (Å²) in [6.45, 7) is 0.275. The average molecular weight is 501 g/mol. The Morgan fingerprint density at radius 3 is 2.36 bits per heavy atom. The van der Waals surface area contributed by atoms with Crippen molar-refractivity contribution in [3.05, 3.63) is 94.2 Å². The smallest absolute Gasteiger partial charge is 0.280 e. The zero-order chi connectivity index (χ0) is 23.6. The Morgan fingerprint density at radius 2 is 1.70 bits per heavy atom. The third kappa shape index (κ3) is 5.30. The molecule has 0 fully saturated rings. The molecular formula is C24H18ClFN2O3S2. The van der Waals surface area contributed by atoms with Crippen LogP contribution in [0.25, 0.3) is 21.7 Å². The lowest BCUT2D eigenvalue weighted by Crippen LogP contribution is -2.22. The number of carbonyl (C=O) groups excluding carboxylic acids is 1. The van der Waals surface area contributed by atoms with Gasteiger partial charge < -0.3 is 5.32 Å². The first kappa shape index (κ1) is 23.1. The van der Waals surface area contributed by atoms with Crippen molar-refractivity contribution in [2.45, 2.75) is 11.4 Å². The molecule has 3 aromatic carbocycles. The number of carbonyl (C=O) groups is 1. The molecule has 0 bridgehead atoms. The van der Waals surface area contributed by atoms with E-state index in [0.29, 0.717) is 26.7 Å². The Bertz CT molecular complexity index is 1420. The zero-order valence-electron chi connectivity index (χ0n) is 17.4. The molecule has 0 aliphatic carbocycles. The molecular weight excluding hydrogens is 483 g/mol. The number of rotatable bonds is 6. The van der Waals surface area contributed by atoms with Crippen molar-refractivity contribution in [1.82, 2.24) is 10.3 Å². The van der Waals surface area contributed by atoms with Gasteiger partial charge in [-0.3, -0.25) is 4.79 Å². The van der Waals surface area contributed by atoms with E-state index in [0.717, 1.165) is 23.2 Å². The number of nitrogens with one attached hydrogen (secondary N) is 1. The van der Waals surface area contributed by atoms with Crippen molar-refractivity contribution in [2.75, 3.05) is 6.26 Å². The second-order valence-electron chi connectivity index (χ2n) is 7.28. The Morgan fingerprint density at radius 1 is 1.03 bits per heavy atom. The van der Waals surface area contributed by atoms with Gasteiger partial charge in [0.25, 0.3) is 5.91 Å². The van der Waals surface area contributed by atoms with E-state index in [4.69, 9.17) is 11.6 Å². The number of benzene rings is 3. The second-order valence-corrected chi connectivity index (χ2v) is 10.7. The van der Waals surface area contributed by atoms with Crippen LogP contribution < -0.4 is 5.32 Å². The number of amides is 1. The highest BCUT2D eigenvalue weighted by Crippen LogP contribution is 2.39. The van der Waals surface area contributed by atoms with Crippen molar-refractivity contribution in [1.29, 1.82) is 0 Å². The van der Waals surface area contributed by atoms with E-state index in [1.165, 1.54) is 18.2 Å². The summed E-state index contributed by atoms with van der Waals surface area (Å²) in [6.07, 6.45) is 1.12. The van der Waals surface area contributed by atoms with Crippen LogP contribution in [-0.4, -0.2) is 25.6 Å². The number of halogens is 2. The summed E-state index contributed by atoms with van der Waals surface area (Å²) in [5, 5.41) is 3.59. The summed E-state index contributed by atoms with van der Waals surface area (Å²) in [4.78, 5) is 18.1.